The van der Waals surface area contributed by atoms with Crippen LogP contribution in [0.1, 0.15) is 13.8 Å². The van der Waals surface area contributed by atoms with Gasteiger partial charge in [0.25, 0.3) is 5.54 Å². The number of hydroxylamine groups is 2. The molecule has 1 rings (SSSR count). The number of carboxylic acids is 1. The molecule has 1 heterocycles. The molecule has 1 fully saturated rings. The van der Waals surface area contributed by atoms with Gasteiger partial charge >= 0.3 is 12.4 Å². The Morgan fingerprint density at radius 2 is 1.56 bits per heavy atom. The predicted octanol–water partition coefficient (Wildman–Crippen LogP) is 0.625. The Morgan fingerprint density at radius 3 is 1.78 bits per heavy atom. The summed E-state index contributed by atoms with van der Waals surface area (Å²) in [6.45, 7) is 0.0764. The van der Waals surface area contributed by atoms with Gasteiger partial charge in [0.1, 0.15) is 5.60 Å². The van der Waals surface area contributed by atoms with Crippen molar-refractivity contribution in [3.8, 4) is 0 Å². The molecule has 10 heteroatoms. The molecule has 0 aliphatic carbocycles. The molecule has 1 saturated heterocycles. The number of hydrogen-bond acceptors (Lipinski definition) is 4. The van der Waals surface area contributed by atoms with Gasteiger partial charge in [-0.25, -0.2) is 0 Å². The lowest BCUT2D eigenvalue weighted by Crippen LogP contribution is -2.53. The lowest BCUT2D eigenvalue weighted by Gasteiger charge is -2.29. The Hall–Kier alpha value is -1.03. The summed E-state index contributed by atoms with van der Waals surface area (Å²) >= 11 is 0. The van der Waals surface area contributed by atoms with E-state index in [1.54, 1.807) is 0 Å². The van der Waals surface area contributed by atoms with E-state index in [9.17, 15) is 36.2 Å². The number of carbonyl (C=O) groups excluding carboxylic acids is 1. The van der Waals surface area contributed by atoms with Gasteiger partial charge in [0, 0.05) is 0 Å². The number of carbonyl (C=O) groups is 1. The Labute approximate surface area is 97.1 Å². The minimum atomic E-state index is -5.62. The van der Waals surface area contributed by atoms with Crippen LogP contribution < -0.4 is 5.11 Å². The van der Waals surface area contributed by atoms with Crippen molar-refractivity contribution in [3.63, 3.8) is 0 Å². The molecule has 1 atom stereocenters. The van der Waals surface area contributed by atoms with Gasteiger partial charge in [-0.2, -0.15) is 31.4 Å². The third-order valence-electron chi connectivity index (χ3n) is 2.46. The van der Waals surface area contributed by atoms with E-state index in [1.807, 2.05) is 0 Å². The molecule has 0 spiro atoms. The molecule has 0 N–H and O–H groups in total. The smallest absolute Gasteiger partial charge is 0.419 e. The van der Waals surface area contributed by atoms with E-state index >= 15 is 0 Å². The quantitative estimate of drug-likeness (QED) is 0.562. The highest BCUT2D eigenvalue weighted by Gasteiger charge is 2.85. The highest BCUT2D eigenvalue weighted by atomic mass is 19.4. The van der Waals surface area contributed by atoms with E-state index in [0.29, 0.717) is 0 Å². The highest BCUT2D eigenvalue weighted by molar-refractivity contribution is 5.74. The van der Waals surface area contributed by atoms with Crippen molar-refractivity contribution in [1.29, 1.82) is 0 Å². The minimum Gasteiger partial charge on any atom is -0.547 e. The molecule has 1 aliphatic heterocycles. The normalized spacial score (nSPS) is 23.9. The van der Waals surface area contributed by atoms with Gasteiger partial charge in [-0.05, 0) is 13.8 Å². The predicted molar refractivity (Wildman–Crippen MR) is 41.7 cm³/mol. The topological polar surface area (TPSA) is 52.4 Å². The number of aliphatic carboxylic acids is 1. The lowest BCUT2D eigenvalue weighted by atomic mass is 10.1. The number of halogens is 6. The molecular weight excluding hydrogens is 272 g/mol. The van der Waals surface area contributed by atoms with Gasteiger partial charge in [0.2, 0.25) is 0 Å². The SMILES string of the molecule is CC(C)(ON1CC1(C(F)(F)F)C(F)(F)F)C(=O)[O-]. The number of carboxylic acid groups (broad SMARTS) is 1. The van der Waals surface area contributed by atoms with Crippen LogP contribution in [0.4, 0.5) is 26.3 Å². The zero-order valence-electron chi connectivity index (χ0n) is 9.15. The van der Waals surface area contributed by atoms with Crippen LogP contribution in [0.3, 0.4) is 0 Å². The molecule has 0 bridgehead atoms. The molecule has 0 saturated carbocycles. The Bertz CT molecular complexity index is 347. The highest BCUT2D eigenvalue weighted by Crippen LogP contribution is 2.56. The zero-order chi connectivity index (χ0) is 14.6. The first-order valence-electron chi connectivity index (χ1n) is 4.57. The standard InChI is InChI=1S/C8H9F6NO3/c1-5(2,4(16)17)18-15-3-6(15,7(9,10)11)8(12,13)14/h3H2,1-2H3,(H,16,17)/p-1. The van der Waals surface area contributed by atoms with Gasteiger partial charge in [-0.15, -0.1) is 0 Å². The van der Waals surface area contributed by atoms with Crippen LogP contribution >= 0.6 is 0 Å². The first-order valence-corrected chi connectivity index (χ1v) is 4.57. The van der Waals surface area contributed by atoms with Crippen molar-refractivity contribution in [2.24, 2.45) is 0 Å². The van der Waals surface area contributed by atoms with E-state index in [2.05, 4.69) is 4.84 Å². The molecule has 0 aromatic heterocycles. The van der Waals surface area contributed by atoms with Crippen molar-refractivity contribution in [2.75, 3.05) is 6.54 Å². The molecule has 0 amide bonds. The van der Waals surface area contributed by atoms with Crippen molar-refractivity contribution in [3.05, 3.63) is 0 Å². The first kappa shape index (κ1) is 15.0. The van der Waals surface area contributed by atoms with Crippen LogP contribution in [0.5, 0.6) is 0 Å². The van der Waals surface area contributed by atoms with E-state index in [4.69, 9.17) is 0 Å². The Balaban J connectivity index is 2.95. The number of rotatable bonds is 3. The molecular formula is C8H8F6NO3-. The average molecular weight is 280 g/mol. The van der Waals surface area contributed by atoms with Crippen molar-refractivity contribution in [2.45, 2.75) is 37.3 Å². The van der Waals surface area contributed by atoms with Gasteiger partial charge in [0.15, 0.2) is 0 Å². The maximum Gasteiger partial charge on any atom is 0.419 e. The minimum absolute atomic E-state index is 0.442. The fourth-order valence-electron chi connectivity index (χ4n) is 1.22. The van der Waals surface area contributed by atoms with E-state index in [0.717, 1.165) is 13.8 Å². The van der Waals surface area contributed by atoms with Crippen LogP contribution in [0.25, 0.3) is 0 Å². The second-order valence-electron chi connectivity index (χ2n) is 4.28. The average Bonchev–Trinajstić information content (AvgIpc) is 2.76. The van der Waals surface area contributed by atoms with Crippen LogP contribution in [-0.2, 0) is 9.63 Å². The second kappa shape index (κ2) is 3.73. The molecule has 0 aromatic carbocycles. The summed E-state index contributed by atoms with van der Waals surface area (Å²) in [7, 11) is 0. The summed E-state index contributed by atoms with van der Waals surface area (Å²) < 4.78 is 74.5. The van der Waals surface area contributed by atoms with Crippen molar-refractivity contribution >= 4 is 5.97 Å². The summed E-state index contributed by atoms with van der Waals surface area (Å²) in [5, 5.41) is 10.0. The van der Waals surface area contributed by atoms with Crippen molar-refractivity contribution in [1.82, 2.24) is 5.06 Å². The van der Waals surface area contributed by atoms with Crippen LogP contribution in [0.15, 0.2) is 0 Å². The Morgan fingerprint density at radius 1 is 1.17 bits per heavy atom. The van der Waals surface area contributed by atoms with Gasteiger partial charge in [0.05, 0.1) is 12.5 Å². The summed E-state index contributed by atoms with van der Waals surface area (Å²) in [5.74, 6) is -1.92. The van der Waals surface area contributed by atoms with Crippen LogP contribution in [0.2, 0.25) is 0 Å². The molecule has 1 aliphatic rings. The molecule has 0 aromatic rings. The monoisotopic (exact) mass is 280 g/mol. The van der Waals surface area contributed by atoms with Crippen LogP contribution in [-0.4, -0.2) is 41.1 Å². The largest absolute Gasteiger partial charge is 0.547 e. The van der Waals surface area contributed by atoms with E-state index in [1.165, 1.54) is 0 Å². The first-order chi connectivity index (χ1) is 7.76. The number of nitrogens with zero attached hydrogens (tertiary/aromatic N) is 1. The summed E-state index contributed by atoms with van der Waals surface area (Å²) in [6.07, 6.45) is -11.2. The fraction of sp³-hybridized carbons (Fsp3) is 0.875. The maximum atomic E-state index is 12.4. The molecule has 0 radical (unpaired) electrons. The van der Waals surface area contributed by atoms with Gasteiger partial charge in [-0.3, -0.25) is 4.84 Å². The third kappa shape index (κ3) is 2.14. The zero-order valence-corrected chi connectivity index (χ0v) is 9.15. The van der Waals surface area contributed by atoms with Crippen LogP contribution in [0, 0.1) is 0 Å². The van der Waals surface area contributed by atoms with Crippen molar-refractivity contribution < 1.29 is 41.1 Å². The maximum absolute atomic E-state index is 12.4. The number of hydrogen-bond donors (Lipinski definition) is 0. The number of alkyl halides is 6. The van der Waals surface area contributed by atoms with Gasteiger partial charge in [-0.1, -0.05) is 0 Å². The molecule has 1 unspecified atom stereocenters. The summed E-state index contributed by atoms with van der Waals surface area (Å²) in [4.78, 5) is 14.7. The lowest BCUT2D eigenvalue weighted by molar-refractivity contribution is -0.352. The summed E-state index contributed by atoms with van der Waals surface area (Å²) in [6, 6.07) is 0. The summed E-state index contributed by atoms with van der Waals surface area (Å²) in [5.41, 5.74) is -6.44. The fourth-order valence-corrected chi connectivity index (χ4v) is 1.22. The van der Waals surface area contributed by atoms with E-state index in [-0.39, 0.29) is 0 Å². The van der Waals surface area contributed by atoms with E-state index < -0.39 is 41.1 Å². The Kier molecular flexibility index (Phi) is 3.12. The molecule has 4 nitrogen and oxygen atoms in total. The molecule has 106 valence electrons. The second-order valence-corrected chi connectivity index (χ2v) is 4.28. The van der Waals surface area contributed by atoms with Gasteiger partial charge < -0.3 is 9.90 Å². The molecule has 18 heavy (non-hydrogen) atoms. The third-order valence-corrected chi connectivity index (χ3v) is 2.46.